The van der Waals surface area contributed by atoms with E-state index in [9.17, 15) is 14.4 Å². The van der Waals surface area contributed by atoms with Crippen molar-refractivity contribution in [1.29, 1.82) is 0 Å². The summed E-state index contributed by atoms with van der Waals surface area (Å²) in [6, 6.07) is 15.3. The van der Waals surface area contributed by atoms with Crippen molar-refractivity contribution < 1.29 is 19.2 Å². The summed E-state index contributed by atoms with van der Waals surface area (Å²) in [5.74, 6) is -1.66. The predicted molar refractivity (Wildman–Crippen MR) is 93.5 cm³/mol. The molecule has 2 heterocycles. The van der Waals surface area contributed by atoms with Crippen LogP contribution in [0.3, 0.4) is 0 Å². The van der Waals surface area contributed by atoms with Crippen LogP contribution in [0.1, 0.15) is 34.6 Å². The zero-order valence-electron chi connectivity index (χ0n) is 14.2. The highest BCUT2D eigenvalue weighted by atomic mass is 16.7. The first-order valence-electron chi connectivity index (χ1n) is 8.06. The van der Waals surface area contributed by atoms with E-state index in [4.69, 9.17) is 4.84 Å². The maximum Gasteiger partial charge on any atom is 0.288 e. The molecule has 0 aromatic heterocycles. The molecule has 0 saturated heterocycles. The van der Waals surface area contributed by atoms with E-state index < -0.39 is 23.3 Å². The second-order valence-corrected chi connectivity index (χ2v) is 6.21. The molecule has 26 heavy (non-hydrogen) atoms. The van der Waals surface area contributed by atoms with Crippen molar-refractivity contribution >= 4 is 29.1 Å². The van der Waals surface area contributed by atoms with Crippen LogP contribution >= 0.6 is 0 Å². The van der Waals surface area contributed by atoms with Crippen molar-refractivity contribution in [2.45, 2.75) is 19.4 Å². The van der Waals surface area contributed by atoms with Gasteiger partial charge in [-0.15, -0.1) is 5.06 Å². The number of para-hydroxylation sites is 1. The van der Waals surface area contributed by atoms with Crippen LogP contribution in [0.5, 0.6) is 0 Å². The van der Waals surface area contributed by atoms with E-state index >= 15 is 0 Å². The average Bonchev–Trinajstić information content (AvgIpc) is 3.03. The summed E-state index contributed by atoms with van der Waals surface area (Å²) in [7, 11) is 0. The van der Waals surface area contributed by atoms with Crippen LogP contribution in [0.4, 0.5) is 5.69 Å². The van der Waals surface area contributed by atoms with E-state index in [0.29, 0.717) is 16.5 Å². The van der Waals surface area contributed by atoms with Gasteiger partial charge in [0, 0.05) is 0 Å². The SMILES string of the molecule is CC1=NN(c2ccccc2)C(=O)[C@]1(C)ON1C(=O)c2ccccc2C1=O. The summed E-state index contributed by atoms with van der Waals surface area (Å²) in [4.78, 5) is 43.6. The largest absolute Gasteiger partial charge is 0.288 e. The summed E-state index contributed by atoms with van der Waals surface area (Å²) in [5, 5.41) is 6.13. The number of carbonyl (C=O) groups is 3. The van der Waals surface area contributed by atoms with Crippen LogP contribution in [0.15, 0.2) is 59.7 Å². The number of amides is 3. The Morgan fingerprint density at radius 3 is 2.00 bits per heavy atom. The average molecular weight is 349 g/mol. The highest BCUT2D eigenvalue weighted by Gasteiger charge is 2.52. The Hall–Kier alpha value is -3.32. The van der Waals surface area contributed by atoms with E-state index in [1.165, 1.54) is 11.9 Å². The first kappa shape index (κ1) is 16.2. The Morgan fingerprint density at radius 2 is 1.42 bits per heavy atom. The van der Waals surface area contributed by atoms with Gasteiger partial charge in [-0.05, 0) is 38.1 Å². The third kappa shape index (κ3) is 2.18. The van der Waals surface area contributed by atoms with Gasteiger partial charge in [0.25, 0.3) is 17.7 Å². The Bertz CT molecular complexity index is 935. The minimum Gasteiger partial charge on any atom is -0.269 e. The monoisotopic (exact) mass is 349 g/mol. The summed E-state index contributed by atoms with van der Waals surface area (Å²) in [5.41, 5.74) is -0.125. The van der Waals surface area contributed by atoms with Crippen molar-refractivity contribution in [2.75, 3.05) is 5.01 Å². The van der Waals surface area contributed by atoms with Gasteiger partial charge in [-0.25, -0.2) is 4.84 Å². The van der Waals surface area contributed by atoms with E-state index in [1.54, 1.807) is 55.5 Å². The van der Waals surface area contributed by atoms with Crippen LogP contribution in [0, 0.1) is 0 Å². The number of anilines is 1. The molecular formula is C19H15N3O4. The molecule has 2 aromatic carbocycles. The molecule has 3 amide bonds. The molecule has 2 aliphatic heterocycles. The molecule has 0 unspecified atom stereocenters. The van der Waals surface area contributed by atoms with Crippen LogP contribution in [0.25, 0.3) is 0 Å². The Kier molecular flexibility index (Phi) is 3.48. The van der Waals surface area contributed by atoms with Gasteiger partial charge in [0.1, 0.15) is 0 Å². The molecule has 2 aromatic rings. The van der Waals surface area contributed by atoms with Gasteiger partial charge < -0.3 is 0 Å². The number of carbonyl (C=O) groups excluding carboxylic acids is 3. The predicted octanol–water partition coefficient (Wildman–Crippen LogP) is 2.40. The highest BCUT2D eigenvalue weighted by Crippen LogP contribution is 2.32. The number of imide groups is 1. The van der Waals surface area contributed by atoms with Crippen molar-refractivity contribution in [1.82, 2.24) is 5.06 Å². The summed E-state index contributed by atoms with van der Waals surface area (Å²) < 4.78 is 0. The highest BCUT2D eigenvalue weighted by molar-refractivity contribution is 6.23. The second kappa shape index (κ2) is 5.60. The maximum atomic E-state index is 12.9. The van der Waals surface area contributed by atoms with Crippen molar-refractivity contribution in [2.24, 2.45) is 5.10 Å². The molecule has 0 N–H and O–H groups in total. The second-order valence-electron chi connectivity index (χ2n) is 6.21. The molecule has 7 heteroatoms. The van der Waals surface area contributed by atoms with E-state index in [-0.39, 0.29) is 11.1 Å². The van der Waals surface area contributed by atoms with E-state index in [1.807, 2.05) is 6.07 Å². The van der Waals surface area contributed by atoms with Crippen LogP contribution < -0.4 is 5.01 Å². The quantitative estimate of drug-likeness (QED) is 0.797. The standard InChI is InChI=1S/C19H15N3O4/c1-12-19(2,18(25)21(20-12)13-8-4-3-5-9-13)26-22-16(23)14-10-6-7-11-15(14)17(22)24/h3-11H,1-2H3/t19-/m1/s1. The minimum absolute atomic E-state index is 0.251. The molecule has 0 bridgehead atoms. The number of hydrazone groups is 1. The third-order valence-corrected chi connectivity index (χ3v) is 4.57. The van der Waals surface area contributed by atoms with Gasteiger partial charge in [0.05, 0.1) is 22.5 Å². The maximum absolute atomic E-state index is 12.9. The van der Waals surface area contributed by atoms with Crippen molar-refractivity contribution in [3.63, 3.8) is 0 Å². The third-order valence-electron chi connectivity index (χ3n) is 4.57. The van der Waals surface area contributed by atoms with Gasteiger partial charge in [-0.1, -0.05) is 30.3 Å². The Morgan fingerprint density at radius 1 is 0.885 bits per heavy atom. The number of fused-ring (bicyclic) bond motifs is 1. The van der Waals surface area contributed by atoms with Crippen LogP contribution in [-0.4, -0.2) is 34.1 Å². The molecule has 0 fully saturated rings. The van der Waals surface area contributed by atoms with Gasteiger partial charge in [0.2, 0.25) is 5.60 Å². The molecule has 7 nitrogen and oxygen atoms in total. The van der Waals surface area contributed by atoms with Gasteiger partial charge in [-0.2, -0.15) is 10.1 Å². The molecule has 0 aliphatic carbocycles. The number of hydroxylamine groups is 2. The molecule has 0 saturated carbocycles. The molecule has 130 valence electrons. The van der Waals surface area contributed by atoms with E-state index in [0.717, 1.165) is 0 Å². The fourth-order valence-corrected chi connectivity index (χ4v) is 2.93. The van der Waals surface area contributed by atoms with Crippen LogP contribution in [-0.2, 0) is 9.63 Å². The molecule has 0 radical (unpaired) electrons. The Labute approximate surface area is 149 Å². The fraction of sp³-hybridized carbons (Fsp3) is 0.158. The summed E-state index contributed by atoms with van der Waals surface area (Å²) in [6.07, 6.45) is 0. The van der Waals surface area contributed by atoms with Gasteiger partial charge >= 0.3 is 0 Å². The fourth-order valence-electron chi connectivity index (χ4n) is 2.93. The molecule has 2 aliphatic rings. The lowest BCUT2D eigenvalue weighted by Crippen LogP contribution is -2.51. The van der Waals surface area contributed by atoms with E-state index in [2.05, 4.69) is 5.10 Å². The molecule has 0 spiro atoms. The van der Waals surface area contributed by atoms with Crippen molar-refractivity contribution in [3.05, 3.63) is 65.7 Å². The number of hydrogen-bond donors (Lipinski definition) is 0. The number of hydrogen-bond acceptors (Lipinski definition) is 5. The molecule has 4 rings (SSSR count). The number of benzene rings is 2. The lowest BCUT2D eigenvalue weighted by molar-refractivity contribution is -0.167. The summed E-state index contributed by atoms with van der Waals surface area (Å²) in [6.45, 7) is 3.12. The van der Waals surface area contributed by atoms with Crippen LogP contribution in [0.2, 0.25) is 0 Å². The first-order valence-corrected chi connectivity index (χ1v) is 8.06. The topological polar surface area (TPSA) is 79.3 Å². The van der Waals surface area contributed by atoms with Gasteiger partial charge in [0.15, 0.2) is 0 Å². The summed E-state index contributed by atoms with van der Waals surface area (Å²) >= 11 is 0. The zero-order chi connectivity index (χ0) is 18.5. The minimum atomic E-state index is -1.55. The lowest BCUT2D eigenvalue weighted by atomic mass is 10.0. The van der Waals surface area contributed by atoms with Gasteiger partial charge in [-0.3, -0.25) is 14.4 Å². The van der Waals surface area contributed by atoms with Crippen molar-refractivity contribution in [3.8, 4) is 0 Å². The Balaban J connectivity index is 1.65. The normalized spacial score (nSPS) is 22.1. The lowest BCUT2D eigenvalue weighted by Gasteiger charge is -2.27. The smallest absolute Gasteiger partial charge is 0.269 e. The first-order chi connectivity index (χ1) is 12.4. The molecular weight excluding hydrogens is 334 g/mol. The number of nitrogens with zero attached hydrogens (tertiary/aromatic N) is 3. The number of rotatable bonds is 3. The zero-order valence-corrected chi connectivity index (χ0v) is 14.2. The molecule has 1 atom stereocenters.